The van der Waals surface area contributed by atoms with Crippen molar-refractivity contribution in [3.8, 4) is 0 Å². The standard InChI is InChI=1S/2C13H16N2O2.C4H10O.C2H6O/c2*1-2-3-9-11-12(16)14-15(13(11)17)10-7-5-4-6-8-10;1-3-5-4-2;1-2-3/h2*4-8,11H,2-3,9H2,1H3,(H,14,16);3-4H2,1-2H3;3H,2H2,1H3. The van der Waals surface area contributed by atoms with E-state index in [4.69, 9.17) is 9.84 Å². The van der Waals surface area contributed by atoms with E-state index in [1.165, 1.54) is 10.0 Å². The van der Waals surface area contributed by atoms with Gasteiger partial charge in [0.05, 0.1) is 11.4 Å². The van der Waals surface area contributed by atoms with E-state index in [1.807, 2.05) is 64.1 Å². The fourth-order valence-electron chi connectivity index (χ4n) is 4.09. The SMILES string of the molecule is CCCCC1C(=O)NN(c2ccccc2)C1=O.CCCCC1C(=O)NN(c2ccccc2)C1=O.CCO.CCOCC. The first-order valence-electron chi connectivity index (χ1n) is 14.9. The monoisotopic (exact) mass is 584 g/mol. The van der Waals surface area contributed by atoms with Crippen LogP contribution in [0.1, 0.15) is 73.1 Å². The highest BCUT2D eigenvalue weighted by Crippen LogP contribution is 2.24. The number of nitrogens with zero attached hydrogens (tertiary/aromatic N) is 2. The first-order valence-corrected chi connectivity index (χ1v) is 14.9. The molecule has 4 rings (SSSR count). The second-order valence-corrected chi connectivity index (χ2v) is 9.46. The van der Waals surface area contributed by atoms with Gasteiger partial charge in [0.2, 0.25) is 0 Å². The molecule has 2 aliphatic heterocycles. The van der Waals surface area contributed by atoms with Crippen LogP contribution in [-0.2, 0) is 23.9 Å². The minimum absolute atomic E-state index is 0.144. The lowest BCUT2D eigenvalue weighted by atomic mass is 10.0. The van der Waals surface area contributed by atoms with Gasteiger partial charge in [-0.2, -0.15) is 0 Å². The van der Waals surface area contributed by atoms with E-state index in [1.54, 1.807) is 31.2 Å². The van der Waals surface area contributed by atoms with Crippen molar-refractivity contribution in [2.24, 2.45) is 11.8 Å². The van der Waals surface area contributed by atoms with Crippen LogP contribution in [0.3, 0.4) is 0 Å². The molecule has 232 valence electrons. The lowest BCUT2D eigenvalue weighted by molar-refractivity contribution is -0.129. The molecule has 42 heavy (non-hydrogen) atoms. The van der Waals surface area contributed by atoms with Gasteiger partial charge in [0.1, 0.15) is 11.8 Å². The molecule has 0 aliphatic carbocycles. The van der Waals surface area contributed by atoms with Crippen molar-refractivity contribution in [2.75, 3.05) is 29.8 Å². The van der Waals surface area contributed by atoms with Gasteiger partial charge in [0.15, 0.2) is 0 Å². The van der Waals surface area contributed by atoms with Crippen molar-refractivity contribution in [3.05, 3.63) is 60.7 Å². The van der Waals surface area contributed by atoms with Crippen LogP contribution < -0.4 is 20.9 Å². The maximum atomic E-state index is 12.1. The minimum atomic E-state index is -0.518. The number of ether oxygens (including phenoxy) is 1. The molecule has 0 saturated carbocycles. The molecule has 2 aromatic carbocycles. The molecule has 2 unspecified atom stereocenters. The summed E-state index contributed by atoms with van der Waals surface area (Å²) in [6.07, 6.45) is 5.03. The summed E-state index contributed by atoms with van der Waals surface area (Å²) in [6, 6.07) is 18.3. The molecule has 0 aromatic heterocycles. The zero-order valence-electron chi connectivity index (χ0n) is 25.7. The molecule has 2 fully saturated rings. The Labute approximate surface area is 250 Å². The summed E-state index contributed by atoms with van der Waals surface area (Å²) in [5.41, 5.74) is 6.67. The first-order chi connectivity index (χ1) is 20.3. The van der Waals surface area contributed by atoms with Gasteiger partial charge in [-0.15, -0.1) is 0 Å². The number of hydrazine groups is 2. The summed E-state index contributed by atoms with van der Waals surface area (Å²) in [6.45, 7) is 11.7. The molecule has 0 spiro atoms. The quantitative estimate of drug-likeness (QED) is 0.345. The largest absolute Gasteiger partial charge is 0.397 e. The van der Waals surface area contributed by atoms with Crippen LogP contribution in [0.15, 0.2) is 60.7 Å². The summed E-state index contributed by atoms with van der Waals surface area (Å²) in [5.74, 6) is -1.70. The number of benzene rings is 2. The average molecular weight is 585 g/mol. The summed E-state index contributed by atoms with van der Waals surface area (Å²) < 4.78 is 4.83. The van der Waals surface area contributed by atoms with Gasteiger partial charge >= 0.3 is 0 Å². The fourth-order valence-corrected chi connectivity index (χ4v) is 4.09. The Morgan fingerprint density at radius 1 is 0.643 bits per heavy atom. The second kappa shape index (κ2) is 21.0. The molecule has 0 bridgehead atoms. The number of hydrogen-bond acceptors (Lipinski definition) is 6. The first kappa shape index (κ1) is 36.3. The number of hydrogen-bond donors (Lipinski definition) is 3. The van der Waals surface area contributed by atoms with Crippen molar-refractivity contribution in [1.82, 2.24) is 10.9 Å². The maximum absolute atomic E-state index is 12.1. The number of aliphatic hydroxyl groups excluding tert-OH is 1. The molecular weight excluding hydrogens is 536 g/mol. The molecule has 2 saturated heterocycles. The van der Waals surface area contributed by atoms with Crippen molar-refractivity contribution in [2.45, 2.75) is 73.1 Å². The lowest BCUT2D eigenvalue weighted by Gasteiger charge is -2.14. The van der Waals surface area contributed by atoms with Crippen LogP contribution in [0.5, 0.6) is 0 Å². The van der Waals surface area contributed by atoms with E-state index in [-0.39, 0.29) is 30.2 Å². The van der Waals surface area contributed by atoms with Crippen LogP contribution in [0.2, 0.25) is 0 Å². The van der Waals surface area contributed by atoms with Crippen LogP contribution in [0.25, 0.3) is 0 Å². The van der Waals surface area contributed by atoms with Crippen molar-refractivity contribution in [1.29, 1.82) is 0 Å². The van der Waals surface area contributed by atoms with Crippen molar-refractivity contribution in [3.63, 3.8) is 0 Å². The summed E-state index contributed by atoms with van der Waals surface area (Å²) >= 11 is 0. The predicted octanol–water partition coefficient (Wildman–Crippen LogP) is 4.78. The Kier molecular flexibility index (Phi) is 18.1. The van der Waals surface area contributed by atoms with Gasteiger partial charge < -0.3 is 9.84 Å². The molecule has 4 amide bonds. The van der Waals surface area contributed by atoms with E-state index in [0.29, 0.717) is 24.2 Å². The number of amides is 4. The summed E-state index contributed by atoms with van der Waals surface area (Å²) in [4.78, 5) is 47.5. The topological polar surface area (TPSA) is 128 Å². The maximum Gasteiger partial charge on any atom is 0.258 e. The molecule has 2 heterocycles. The number of unbranched alkanes of at least 4 members (excludes halogenated alkanes) is 2. The van der Waals surface area contributed by atoms with Crippen molar-refractivity contribution >= 4 is 35.0 Å². The molecule has 10 nitrogen and oxygen atoms in total. The summed E-state index contributed by atoms with van der Waals surface area (Å²) in [7, 11) is 0. The highest BCUT2D eigenvalue weighted by molar-refractivity contribution is 6.15. The van der Waals surface area contributed by atoms with Gasteiger partial charge in [0, 0.05) is 19.8 Å². The zero-order valence-corrected chi connectivity index (χ0v) is 25.7. The van der Waals surface area contributed by atoms with E-state index in [0.717, 1.165) is 38.9 Å². The molecular formula is C32H48N4O6. The van der Waals surface area contributed by atoms with Crippen LogP contribution in [0, 0.1) is 11.8 Å². The minimum Gasteiger partial charge on any atom is -0.397 e. The average Bonchev–Trinajstić information content (AvgIpc) is 3.45. The summed E-state index contributed by atoms with van der Waals surface area (Å²) in [5, 5.41) is 10.3. The fraction of sp³-hybridized carbons (Fsp3) is 0.500. The number of carbonyl (C=O) groups is 4. The van der Waals surface area contributed by atoms with Crippen LogP contribution in [-0.4, -0.2) is 48.6 Å². The molecule has 0 radical (unpaired) electrons. The predicted molar refractivity (Wildman–Crippen MR) is 165 cm³/mol. The number of aliphatic hydroxyl groups is 1. The van der Waals surface area contributed by atoms with Crippen LogP contribution >= 0.6 is 0 Å². The van der Waals surface area contributed by atoms with Crippen LogP contribution in [0.4, 0.5) is 11.4 Å². The molecule has 2 aliphatic rings. The molecule has 10 heteroatoms. The Bertz CT molecular complexity index is 984. The van der Waals surface area contributed by atoms with Crippen molar-refractivity contribution < 1.29 is 29.0 Å². The Hall–Kier alpha value is -3.76. The van der Waals surface area contributed by atoms with Gasteiger partial charge in [-0.3, -0.25) is 30.0 Å². The number of nitrogens with one attached hydrogen (secondary N) is 2. The molecule has 3 N–H and O–H groups in total. The Balaban J connectivity index is 0.000000336. The number of para-hydroxylation sites is 2. The number of rotatable bonds is 10. The third-order valence-corrected chi connectivity index (χ3v) is 6.24. The second-order valence-electron chi connectivity index (χ2n) is 9.46. The van der Waals surface area contributed by atoms with E-state index in [9.17, 15) is 19.2 Å². The van der Waals surface area contributed by atoms with Gasteiger partial charge in [-0.1, -0.05) is 75.9 Å². The highest BCUT2D eigenvalue weighted by Gasteiger charge is 2.40. The Morgan fingerprint density at radius 3 is 1.24 bits per heavy atom. The third-order valence-electron chi connectivity index (χ3n) is 6.24. The highest BCUT2D eigenvalue weighted by atomic mass is 16.5. The van der Waals surface area contributed by atoms with Gasteiger partial charge in [-0.05, 0) is 57.9 Å². The number of anilines is 2. The Morgan fingerprint density at radius 2 is 0.976 bits per heavy atom. The van der Waals surface area contributed by atoms with E-state index < -0.39 is 11.8 Å². The smallest absolute Gasteiger partial charge is 0.258 e. The zero-order chi connectivity index (χ0) is 31.3. The molecule has 2 aromatic rings. The van der Waals surface area contributed by atoms with E-state index in [2.05, 4.69) is 10.9 Å². The normalized spacial score (nSPS) is 17.3. The molecule has 2 atom stereocenters. The van der Waals surface area contributed by atoms with E-state index >= 15 is 0 Å². The third kappa shape index (κ3) is 11.6. The number of carbonyl (C=O) groups excluding carboxylic acids is 4. The lowest BCUT2D eigenvalue weighted by Crippen LogP contribution is -2.35. The van der Waals surface area contributed by atoms with Gasteiger partial charge in [0.25, 0.3) is 23.6 Å². The van der Waals surface area contributed by atoms with Gasteiger partial charge in [-0.25, -0.2) is 10.0 Å².